The first kappa shape index (κ1) is 11.4. The molecule has 3 heteroatoms. The van der Waals surface area contributed by atoms with Gasteiger partial charge in [-0.1, -0.05) is 6.07 Å². The van der Waals surface area contributed by atoms with Gasteiger partial charge < -0.3 is 10.6 Å². The van der Waals surface area contributed by atoms with Crippen LogP contribution in [0.1, 0.15) is 18.9 Å². The Morgan fingerprint density at radius 3 is 2.80 bits per heavy atom. The molecule has 1 unspecified atom stereocenters. The Morgan fingerprint density at radius 1 is 1.53 bits per heavy atom. The summed E-state index contributed by atoms with van der Waals surface area (Å²) in [6, 6.07) is 8.22. The largest absolute Gasteiger partial charge is 0.399 e. The quantitative estimate of drug-likeness (QED) is 0.767. The first-order chi connectivity index (χ1) is 7.06. The number of anilines is 2. The van der Waals surface area contributed by atoms with E-state index in [1.807, 2.05) is 39.1 Å². The average Bonchev–Trinajstić information content (AvgIpc) is 2.21. The average molecular weight is 203 g/mol. The molecule has 1 atom stereocenters. The van der Waals surface area contributed by atoms with Crippen LogP contribution in [0.4, 0.5) is 11.4 Å². The second-order valence-electron chi connectivity index (χ2n) is 3.87. The van der Waals surface area contributed by atoms with Gasteiger partial charge in [-0.2, -0.15) is 5.26 Å². The third kappa shape index (κ3) is 2.63. The van der Waals surface area contributed by atoms with Crippen molar-refractivity contribution < 1.29 is 0 Å². The summed E-state index contributed by atoms with van der Waals surface area (Å²) in [6.07, 6.45) is 0.519. The van der Waals surface area contributed by atoms with Gasteiger partial charge in [-0.05, 0) is 31.5 Å². The minimum atomic E-state index is 0.204. The minimum Gasteiger partial charge on any atom is -0.399 e. The summed E-state index contributed by atoms with van der Waals surface area (Å²) in [4.78, 5) is 2.09. The molecule has 0 spiro atoms. The molecule has 0 saturated heterocycles. The van der Waals surface area contributed by atoms with Crippen molar-refractivity contribution in [2.24, 2.45) is 0 Å². The molecule has 80 valence electrons. The Kier molecular flexibility index (Phi) is 3.56. The van der Waals surface area contributed by atoms with E-state index in [-0.39, 0.29) is 6.04 Å². The third-order valence-electron chi connectivity index (χ3n) is 2.66. The predicted molar refractivity (Wildman–Crippen MR) is 63.7 cm³/mol. The molecule has 0 aliphatic rings. The summed E-state index contributed by atoms with van der Waals surface area (Å²) in [5.41, 5.74) is 8.78. The van der Waals surface area contributed by atoms with Crippen LogP contribution in [0.5, 0.6) is 0 Å². The summed E-state index contributed by atoms with van der Waals surface area (Å²) in [5, 5.41) is 8.65. The van der Waals surface area contributed by atoms with Crippen LogP contribution in [-0.2, 0) is 0 Å². The number of nitriles is 1. The lowest BCUT2D eigenvalue weighted by Crippen LogP contribution is -2.29. The maximum absolute atomic E-state index is 8.65. The molecule has 0 heterocycles. The molecular formula is C12H17N3. The normalized spacial score (nSPS) is 11.9. The summed E-state index contributed by atoms with van der Waals surface area (Å²) in [5.74, 6) is 0. The van der Waals surface area contributed by atoms with E-state index < -0.39 is 0 Å². The van der Waals surface area contributed by atoms with Crippen molar-refractivity contribution in [2.45, 2.75) is 26.3 Å². The van der Waals surface area contributed by atoms with Crippen molar-refractivity contribution >= 4 is 11.4 Å². The molecule has 3 nitrogen and oxygen atoms in total. The van der Waals surface area contributed by atoms with E-state index in [0.29, 0.717) is 6.42 Å². The fraction of sp³-hybridized carbons (Fsp3) is 0.417. The van der Waals surface area contributed by atoms with Gasteiger partial charge in [0.2, 0.25) is 0 Å². The van der Waals surface area contributed by atoms with Crippen molar-refractivity contribution in [2.75, 3.05) is 17.7 Å². The molecule has 0 aliphatic carbocycles. The highest BCUT2D eigenvalue weighted by molar-refractivity contribution is 5.60. The molecule has 0 aromatic heterocycles. The van der Waals surface area contributed by atoms with E-state index >= 15 is 0 Å². The van der Waals surface area contributed by atoms with Gasteiger partial charge >= 0.3 is 0 Å². The zero-order valence-electron chi connectivity index (χ0n) is 9.49. The van der Waals surface area contributed by atoms with Gasteiger partial charge in [0.05, 0.1) is 12.5 Å². The van der Waals surface area contributed by atoms with Gasteiger partial charge in [0.1, 0.15) is 0 Å². The fourth-order valence-corrected chi connectivity index (χ4v) is 1.51. The maximum Gasteiger partial charge on any atom is 0.0643 e. The number of rotatable bonds is 3. The van der Waals surface area contributed by atoms with Crippen LogP contribution in [0.3, 0.4) is 0 Å². The Hall–Kier alpha value is -1.69. The van der Waals surface area contributed by atoms with E-state index in [0.717, 1.165) is 11.4 Å². The molecule has 0 radical (unpaired) electrons. The van der Waals surface area contributed by atoms with Gasteiger partial charge in [-0.25, -0.2) is 0 Å². The second-order valence-corrected chi connectivity index (χ2v) is 3.87. The number of nitrogens with two attached hydrogens (primary N) is 1. The van der Waals surface area contributed by atoms with E-state index in [1.54, 1.807) is 0 Å². The van der Waals surface area contributed by atoms with Gasteiger partial charge in [-0.15, -0.1) is 0 Å². The Bertz CT molecular complexity index is 379. The maximum atomic E-state index is 8.65. The summed E-state index contributed by atoms with van der Waals surface area (Å²) in [7, 11) is 1.99. The van der Waals surface area contributed by atoms with Gasteiger partial charge in [0.15, 0.2) is 0 Å². The van der Waals surface area contributed by atoms with Gasteiger partial charge in [0, 0.05) is 24.5 Å². The molecule has 1 aromatic rings. The van der Waals surface area contributed by atoms with Gasteiger partial charge in [0.25, 0.3) is 0 Å². The van der Waals surface area contributed by atoms with Crippen molar-refractivity contribution in [3.63, 3.8) is 0 Å². The molecule has 1 rings (SSSR count). The molecule has 1 aromatic carbocycles. The molecule has 0 bridgehead atoms. The molecule has 2 N–H and O–H groups in total. The number of hydrogen-bond acceptors (Lipinski definition) is 3. The van der Waals surface area contributed by atoms with Crippen molar-refractivity contribution in [3.05, 3.63) is 23.8 Å². The van der Waals surface area contributed by atoms with E-state index in [9.17, 15) is 0 Å². The Balaban J connectivity index is 2.95. The summed E-state index contributed by atoms with van der Waals surface area (Å²) < 4.78 is 0. The van der Waals surface area contributed by atoms with Crippen LogP contribution in [0.25, 0.3) is 0 Å². The molecular weight excluding hydrogens is 186 g/mol. The Morgan fingerprint density at radius 2 is 2.20 bits per heavy atom. The first-order valence-corrected chi connectivity index (χ1v) is 5.02. The molecule has 0 amide bonds. The van der Waals surface area contributed by atoms with E-state index in [4.69, 9.17) is 11.0 Å². The highest BCUT2D eigenvalue weighted by Crippen LogP contribution is 2.23. The lowest BCUT2D eigenvalue weighted by molar-refractivity contribution is 0.701. The lowest BCUT2D eigenvalue weighted by Gasteiger charge is -2.27. The number of benzene rings is 1. The SMILES string of the molecule is Cc1ccc(N)cc1N(C)C(C)CC#N. The van der Waals surface area contributed by atoms with Crippen LogP contribution < -0.4 is 10.6 Å². The molecule has 0 saturated carbocycles. The highest BCUT2D eigenvalue weighted by Gasteiger charge is 2.11. The number of nitrogen functional groups attached to an aromatic ring is 1. The first-order valence-electron chi connectivity index (χ1n) is 5.02. The monoisotopic (exact) mass is 203 g/mol. The smallest absolute Gasteiger partial charge is 0.0643 e. The summed E-state index contributed by atoms with van der Waals surface area (Å²) in [6.45, 7) is 4.08. The van der Waals surface area contributed by atoms with Crippen LogP contribution >= 0.6 is 0 Å². The lowest BCUT2D eigenvalue weighted by atomic mass is 10.1. The number of nitrogens with zero attached hydrogens (tertiary/aromatic N) is 2. The van der Waals surface area contributed by atoms with Gasteiger partial charge in [-0.3, -0.25) is 0 Å². The van der Waals surface area contributed by atoms with Crippen molar-refractivity contribution in [1.82, 2.24) is 0 Å². The third-order valence-corrected chi connectivity index (χ3v) is 2.66. The highest BCUT2D eigenvalue weighted by atomic mass is 15.1. The Labute approximate surface area is 91.1 Å². The van der Waals surface area contributed by atoms with Crippen molar-refractivity contribution in [1.29, 1.82) is 5.26 Å². The van der Waals surface area contributed by atoms with Crippen LogP contribution in [0.15, 0.2) is 18.2 Å². The second kappa shape index (κ2) is 4.70. The molecule has 15 heavy (non-hydrogen) atoms. The summed E-state index contributed by atoms with van der Waals surface area (Å²) >= 11 is 0. The predicted octanol–water partition coefficient (Wildman–Crippen LogP) is 2.32. The van der Waals surface area contributed by atoms with E-state index in [2.05, 4.69) is 11.0 Å². The fourth-order valence-electron chi connectivity index (χ4n) is 1.51. The van der Waals surface area contributed by atoms with Crippen LogP contribution in [0, 0.1) is 18.3 Å². The zero-order chi connectivity index (χ0) is 11.4. The van der Waals surface area contributed by atoms with E-state index in [1.165, 1.54) is 5.56 Å². The number of aryl methyl sites for hydroxylation is 1. The topological polar surface area (TPSA) is 53.0 Å². The standard InChI is InChI=1S/C12H17N3/c1-9-4-5-11(14)8-12(9)15(3)10(2)6-7-13/h4-5,8,10H,6,14H2,1-3H3. The zero-order valence-corrected chi connectivity index (χ0v) is 9.49. The number of hydrogen-bond donors (Lipinski definition) is 1. The molecule has 0 aliphatic heterocycles. The van der Waals surface area contributed by atoms with Crippen molar-refractivity contribution in [3.8, 4) is 6.07 Å². The molecule has 0 fully saturated rings. The minimum absolute atomic E-state index is 0.204. The van der Waals surface area contributed by atoms with Crippen LogP contribution in [0.2, 0.25) is 0 Å². The van der Waals surface area contributed by atoms with Crippen LogP contribution in [-0.4, -0.2) is 13.1 Å².